The first-order chi connectivity index (χ1) is 30.5. The fourth-order valence-electron chi connectivity index (χ4n) is 6.67. The monoisotopic (exact) mass is 914 g/mol. The number of hydrogen-bond acceptors (Lipinski definition) is 11. The quantitative estimate of drug-likeness (QED) is 0.0476. The van der Waals surface area contributed by atoms with Crippen molar-refractivity contribution in [3.63, 3.8) is 0 Å². The minimum absolute atomic E-state index is 0.0328. The maximum absolute atomic E-state index is 14.3. The normalized spacial score (nSPS) is 23.8. The first-order valence-electron chi connectivity index (χ1n) is 21.5. The lowest BCUT2D eigenvalue weighted by atomic mass is 9.99. The van der Waals surface area contributed by atoms with Gasteiger partial charge in [0.15, 0.2) is 5.96 Å². The molecule has 1 heterocycles. The van der Waals surface area contributed by atoms with Crippen molar-refractivity contribution in [1.29, 1.82) is 0 Å². The molecule has 1 aliphatic rings. The second kappa shape index (κ2) is 26.7. The van der Waals surface area contributed by atoms with E-state index in [-0.39, 0.29) is 56.9 Å². The highest BCUT2D eigenvalue weighted by atomic mass is 16.4. The Bertz CT molecular complexity index is 1890. The van der Waals surface area contributed by atoms with E-state index in [1.807, 2.05) is 0 Å². The van der Waals surface area contributed by atoms with Crippen LogP contribution in [0.3, 0.4) is 0 Å². The van der Waals surface area contributed by atoms with Crippen molar-refractivity contribution in [3.8, 4) is 0 Å². The highest BCUT2D eigenvalue weighted by Gasteiger charge is 2.36. The number of nitrogens with two attached hydrogens (primary N) is 3. The zero-order valence-electron chi connectivity index (χ0n) is 37.8. The Morgan fingerprint density at radius 1 is 0.708 bits per heavy atom. The summed E-state index contributed by atoms with van der Waals surface area (Å²) < 4.78 is 0. The Labute approximate surface area is 377 Å². The van der Waals surface area contributed by atoms with Gasteiger partial charge in [-0.2, -0.15) is 0 Å². The molecule has 0 aliphatic carbocycles. The summed E-state index contributed by atoms with van der Waals surface area (Å²) in [5.74, 6) is -9.91. The van der Waals surface area contributed by atoms with Gasteiger partial charge in [0.05, 0.1) is 6.54 Å². The third kappa shape index (κ3) is 19.2. The molecule has 1 aromatic rings. The molecule has 14 N–H and O–H groups in total. The number of aliphatic imine (C=N–C) groups is 1. The molecule has 1 aliphatic heterocycles. The molecule has 0 spiro atoms. The van der Waals surface area contributed by atoms with E-state index in [4.69, 9.17) is 17.2 Å². The number of rotatable bonds is 15. The number of hydrogen-bond donors (Lipinski definition) is 11. The Balaban J connectivity index is 2.76. The molecular weight excluding hydrogens is 849 g/mol. The first-order valence-corrected chi connectivity index (χ1v) is 21.5. The predicted octanol–water partition coefficient (Wildman–Crippen LogP) is -3.00. The summed E-state index contributed by atoms with van der Waals surface area (Å²) in [6.45, 7) is 7.45. The summed E-state index contributed by atoms with van der Waals surface area (Å²) in [5.41, 5.74) is 17.0. The number of carbonyl (C=O) groups excluding carboxylic acids is 9. The second-order valence-corrected chi connectivity index (χ2v) is 16.6. The molecule has 23 nitrogen and oxygen atoms in total. The van der Waals surface area contributed by atoms with Crippen molar-refractivity contribution in [2.75, 3.05) is 20.1 Å². The highest BCUT2D eigenvalue weighted by molar-refractivity contribution is 5.98. The molecule has 7 atom stereocenters. The number of aliphatic carboxylic acids is 1. The molecule has 0 unspecified atom stereocenters. The van der Waals surface area contributed by atoms with E-state index in [9.17, 15) is 53.1 Å². The Morgan fingerprint density at radius 2 is 1.23 bits per heavy atom. The van der Waals surface area contributed by atoms with Gasteiger partial charge in [-0.25, -0.2) is 0 Å². The van der Waals surface area contributed by atoms with Gasteiger partial charge in [-0.15, -0.1) is 0 Å². The summed E-state index contributed by atoms with van der Waals surface area (Å²) in [4.78, 5) is 139. The minimum atomic E-state index is -1.50. The van der Waals surface area contributed by atoms with Crippen LogP contribution in [-0.2, 0) is 54.4 Å². The van der Waals surface area contributed by atoms with Crippen LogP contribution in [0.2, 0.25) is 0 Å². The molecule has 360 valence electrons. The van der Waals surface area contributed by atoms with Gasteiger partial charge in [-0.3, -0.25) is 52.9 Å². The second-order valence-electron chi connectivity index (χ2n) is 16.6. The van der Waals surface area contributed by atoms with E-state index in [2.05, 4.69) is 42.2 Å². The van der Waals surface area contributed by atoms with Crippen LogP contribution in [0.5, 0.6) is 0 Å². The van der Waals surface area contributed by atoms with Crippen LogP contribution in [0.15, 0.2) is 35.3 Å². The van der Waals surface area contributed by atoms with E-state index >= 15 is 0 Å². The zero-order chi connectivity index (χ0) is 49.0. The average Bonchev–Trinajstić information content (AvgIpc) is 3.23. The number of primary amides is 1. The lowest BCUT2D eigenvalue weighted by molar-refractivity contribution is -0.141. The number of benzene rings is 1. The molecule has 23 heteroatoms. The largest absolute Gasteiger partial charge is 0.481 e. The fraction of sp³-hybridized carbons (Fsp3) is 0.595. The summed E-state index contributed by atoms with van der Waals surface area (Å²) in [6, 6.07) is -1.09. The Hall–Kier alpha value is -6.81. The summed E-state index contributed by atoms with van der Waals surface area (Å²) in [6.07, 6.45) is -1.64. The van der Waals surface area contributed by atoms with Crippen LogP contribution >= 0.6 is 0 Å². The molecule has 0 aromatic heterocycles. The van der Waals surface area contributed by atoms with E-state index < -0.39 is 127 Å². The van der Waals surface area contributed by atoms with Crippen LogP contribution in [0.4, 0.5) is 0 Å². The molecule has 0 bridgehead atoms. The number of nitrogens with zero attached hydrogens (tertiary/aromatic N) is 2. The lowest BCUT2D eigenvalue weighted by Gasteiger charge is -2.31. The topological polar surface area (TPSA) is 369 Å². The van der Waals surface area contributed by atoms with Crippen molar-refractivity contribution in [3.05, 3.63) is 35.9 Å². The number of guanidine groups is 1. The molecule has 65 heavy (non-hydrogen) atoms. The SMILES string of the molecule is CC(C)C[C@H]1C(=O)N[C@@H](CCC(N)=O)C(=O)N[C@@H](CCCN=C(N)N)C(=O)N[C@@H](Cc2ccccc2)C(=O)N[C@@H](C(C)C)C(=O)N[C@@H](CCC(=O)O)C(=O)N[C@@H](C)C(=O)NCC(=O)N1C. The van der Waals surface area contributed by atoms with Gasteiger partial charge in [-0.05, 0) is 56.4 Å². The van der Waals surface area contributed by atoms with Gasteiger partial charge < -0.3 is 64.4 Å². The van der Waals surface area contributed by atoms with Gasteiger partial charge in [0, 0.05) is 32.9 Å². The van der Waals surface area contributed by atoms with Crippen molar-refractivity contribution in [1.82, 2.24) is 42.1 Å². The number of amides is 9. The molecule has 1 fully saturated rings. The molecule has 0 saturated carbocycles. The Morgan fingerprint density at radius 3 is 1.78 bits per heavy atom. The molecule has 1 saturated heterocycles. The lowest BCUT2D eigenvalue weighted by Crippen LogP contribution is -2.61. The number of likely N-dealkylation sites (N-methyl/N-ethyl adjacent to an activating group) is 1. The number of nitrogens with one attached hydrogen (secondary N) is 7. The van der Waals surface area contributed by atoms with Gasteiger partial charge in [0.2, 0.25) is 53.2 Å². The van der Waals surface area contributed by atoms with Crippen molar-refractivity contribution < 1.29 is 53.1 Å². The number of carboxylic acids is 1. The van der Waals surface area contributed by atoms with Gasteiger partial charge in [-0.1, -0.05) is 58.0 Å². The summed E-state index contributed by atoms with van der Waals surface area (Å²) in [5, 5.41) is 27.2. The van der Waals surface area contributed by atoms with Crippen LogP contribution < -0.4 is 54.4 Å². The minimum Gasteiger partial charge on any atom is -0.481 e. The molecular formula is C42H66N12O11. The van der Waals surface area contributed by atoms with E-state index in [0.29, 0.717) is 5.56 Å². The average molecular weight is 915 g/mol. The summed E-state index contributed by atoms with van der Waals surface area (Å²) in [7, 11) is 1.31. The smallest absolute Gasteiger partial charge is 0.303 e. The van der Waals surface area contributed by atoms with Crippen LogP contribution in [0.1, 0.15) is 85.1 Å². The molecule has 9 amide bonds. The summed E-state index contributed by atoms with van der Waals surface area (Å²) >= 11 is 0. The number of carbonyl (C=O) groups is 10. The maximum Gasteiger partial charge on any atom is 0.303 e. The fourth-order valence-corrected chi connectivity index (χ4v) is 6.67. The first kappa shape index (κ1) is 54.3. The van der Waals surface area contributed by atoms with Crippen LogP contribution in [0, 0.1) is 11.8 Å². The Kier molecular flexibility index (Phi) is 22.3. The van der Waals surface area contributed by atoms with Crippen molar-refractivity contribution in [2.24, 2.45) is 34.0 Å². The number of carboxylic acid groups (broad SMARTS) is 1. The van der Waals surface area contributed by atoms with Gasteiger partial charge >= 0.3 is 5.97 Å². The van der Waals surface area contributed by atoms with Gasteiger partial charge in [0.25, 0.3) is 0 Å². The third-order valence-corrected chi connectivity index (χ3v) is 10.4. The maximum atomic E-state index is 14.3. The third-order valence-electron chi connectivity index (χ3n) is 10.4. The van der Waals surface area contributed by atoms with E-state index in [1.165, 1.54) is 14.0 Å². The molecule has 1 aromatic carbocycles. The van der Waals surface area contributed by atoms with Crippen LogP contribution in [-0.4, -0.2) is 138 Å². The standard InChI is InChI=1S/C42H66N12O11/c1-22(2)19-30-40(64)50-27(14-16-31(43)55)38(62)49-26(13-10-18-46-42(44)45)37(61)52-29(20-25-11-8-7-9-12-25)39(63)53-34(23(3)4)41(65)51-28(15-17-33(57)58)36(60)48-24(5)35(59)47-21-32(56)54(30)6/h7-9,11-12,22-24,26-30,34H,10,13-21H2,1-6H3,(H2,43,55)(H,47,59)(H,48,60)(H,49,62)(H,50,64)(H,51,65)(H,52,61)(H,53,63)(H,57,58)(H4,44,45,46)/t24-,26-,27-,28-,29-,30-,34-/m0/s1. The van der Waals surface area contributed by atoms with Gasteiger partial charge in [0.1, 0.15) is 42.3 Å². The van der Waals surface area contributed by atoms with E-state index in [0.717, 1.165) is 4.90 Å². The molecule has 2 rings (SSSR count). The predicted molar refractivity (Wildman–Crippen MR) is 236 cm³/mol. The molecule has 0 radical (unpaired) electrons. The highest BCUT2D eigenvalue weighted by Crippen LogP contribution is 2.14. The zero-order valence-corrected chi connectivity index (χ0v) is 37.8. The van der Waals surface area contributed by atoms with Crippen molar-refractivity contribution >= 4 is 65.1 Å². The van der Waals surface area contributed by atoms with Crippen molar-refractivity contribution in [2.45, 2.75) is 128 Å². The van der Waals surface area contributed by atoms with Crippen LogP contribution in [0.25, 0.3) is 0 Å². The van der Waals surface area contributed by atoms with E-state index in [1.54, 1.807) is 58.0 Å².